The van der Waals surface area contributed by atoms with Gasteiger partial charge in [0.2, 0.25) is 5.82 Å². The Bertz CT molecular complexity index is 1150. The van der Waals surface area contributed by atoms with E-state index in [-0.39, 0.29) is 0 Å². The van der Waals surface area contributed by atoms with E-state index in [0.29, 0.717) is 0 Å². The number of phenols is 2. The molecule has 0 aliphatic heterocycles. The van der Waals surface area contributed by atoms with Crippen molar-refractivity contribution in [1.82, 2.24) is 0 Å². The van der Waals surface area contributed by atoms with Crippen molar-refractivity contribution in [2.24, 2.45) is 0 Å². The van der Waals surface area contributed by atoms with E-state index in [1.54, 1.807) is 0 Å². The lowest BCUT2D eigenvalue weighted by Crippen LogP contribution is -2.06. The Labute approximate surface area is 157 Å². The third-order valence-corrected chi connectivity index (χ3v) is 4.62. The maximum Gasteiger partial charge on any atom is 0.204 e. The molecule has 0 fully saturated rings. The van der Waals surface area contributed by atoms with Crippen molar-refractivity contribution < 1.29 is 54.1 Å². The first kappa shape index (κ1) is 19.9. The summed E-state index contributed by atoms with van der Waals surface area (Å²) in [6.45, 7) is 0. The molecule has 4 aromatic carbocycles. The smallest absolute Gasteiger partial charge is 0.204 e. The highest BCUT2D eigenvalue weighted by Gasteiger charge is 2.34. The fourth-order valence-electron chi connectivity index (χ4n) is 3.34. The molecule has 0 aliphatic rings. The Morgan fingerprint density at radius 2 is 0.500 bits per heavy atom. The second-order valence-electron chi connectivity index (χ2n) is 6.09. The molecule has 0 heterocycles. The first-order chi connectivity index (χ1) is 13.9. The van der Waals surface area contributed by atoms with Crippen LogP contribution in [0.15, 0.2) is 0 Å². The highest BCUT2D eigenvalue weighted by Crippen LogP contribution is 2.49. The molecule has 0 spiro atoms. The molecular formula is C18H2F10O2. The van der Waals surface area contributed by atoms with Gasteiger partial charge in [-0.25, -0.2) is 39.5 Å². The molecule has 4 rings (SSSR count). The zero-order chi connectivity index (χ0) is 22.4. The monoisotopic (exact) mass is 440 g/mol. The van der Waals surface area contributed by atoms with E-state index in [9.17, 15) is 54.1 Å². The van der Waals surface area contributed by atoms with Crippen molar-refractivity contribution >= 4 is 32.3 Å². The van der Waals surface area contributed by atoms with Crippen LogP contribution in [0.2, 0.25) is 0 Å². The van der Waals surface area contributed by atoms with Crippen molar-refractivity contribution in [1.29, 1.82) is 0 Å². The van der Waals surface area contributed by atoms with E-state index in [2.05, 4.69) is 0 Å². The van der Waals surface area contributed by atoms with Crippen LogP contribution in [0, 0.1) is 58.2 Å². The summed E-state index contributed by atoms with van der Waals surface area (Å²) in [6, 6.07) is 0. The van der Waals surface area contributed by atoms with Crippen LogP contribution in [0.3, 0.4) is 0 Å². The number of phenolic OH excluding ortho intramolecular Hbond substituents is 2. The number of hydrogen-bond acceptors (Lipinski definition) is 2. The topological polar surface area (TPSA) is 40.5 Å². The maximum absolute atomic E-state index is 14.5. The SMILES string of the molecule is Oc1c(F)c(F)c2c(c1O)c1c(F)c(F)c(F)c(F)c1c1c(F)c(F)c(F)c(F)c21. The summed E-state index contributed by atoms with van der Waals surface area (Å²) < 4.78 is 141. The number of aromatic hydroxyl groups is 2. The standard InChI is InChI=1S/C18H2F10O2/c19-7-1-2-4(10(22)15(27)14(26)8(2)20)6-5(3(1)9(21)13(25)12(7)24)11(23)16(28)18(30)17(6)29/h29-30H. The summed E-state index contributed by atoms with van der Waals surface area (Å²) in [5.74, 6) is -28.5. The number of hydrogen-bond donors (Lipinski definition) is 2. The van der Waals surface area contributed by atoms with Gasteiger partial charge < -0.3 is 10.2 Å². The Morgan fingerprint density at radius 3 is 0.800 bits per heavy atom. The molecule has 12 heteroatoms. The molecule has 2 nitrogen and oxygen atoms in total. The summed E-state index contributed by atoms with van der Waals surface area (Å²) >= 11 is 0. The second-order valence-corrected chi connectivity index (χ2v) is 6.09. The van der Waals surface area contributed by atoms with Crippen LogP contribution in [-0.4, -0.2) is 10.2 Å². The van der Waals surface area contributed by atoms with E-state index in [1.807, 2.05) is 0 Å². The summed E-state index contributed by atoms with van der Waals surface area (Å²) in [7, 11) is 0. The molecule has 2 N–H and O–H groups in total. The van der Waals surface area contributed by atoms with E-state index in [4.69, 9.17) is 0 Å². The number of fused-ring (bicyclic) bond motifs is 6. The van der Waals surface area contributed by atoms with E-state index >= 15 is 0 Å². The van der Waals surface area contributed by atoms with Crippen LogP contribution < -0.4 is 0 Å². The van der Waals surface area contributed by atoms with Crippen LogP contribution in [0.25, 0.3) is 32.3 Å². The van der Waals surface area contributed by atoms with Crippen molar-refractivity contribution in [2.75, 3.05) is 0 Å². The second kappa shape index (κ2) is 6.03. The molecule has 30 heavy (non-hydrogen) atoms. The predicted octanol–water partition coefficient (Wildman–Crippen LogP) is 5.95. The molecule has 0 bridgehead atoms. The first-order valence-corrected chi connectivity index (χ1v) is 7.59. The Morgan fingerprint density at radius 1 is 0.267 bits per heavy atom. The summed E-state index contributed by atoms with van der Waals surface area (Å²) in [6.07, 6.45) is 0. The number of rotatable bonds is 0. The number of halogens is 10. The van der Waals surface area contributed by atoms with Crippen molar-refractivity contribution in [3.63, 3.8) is 0 Å². The van der Waals surface area contributed by atoms with Gasteiger partial charge in [-0.15, -0.1) is 0 Å². The fraction of sp³-hybridized carbons (Fsp3) is 0. The van der Waals surface area contributed by atoms with Gasteiger partial charge in [-0.1, -0.05) is 0 Å². The fourth-order valence-corrected chi connectivity index (χ4v) is 3.34. The van der Waals surface area contributed by atoms with E-state index in [0.717, 1.165) is 0 Å². The summed E-state index contributed by atoms with van der Waals surface area (Å²) in [5.41, 5.74) is 0. The molecular weight excluding hydrogens is 438 g/mol. The van der Waals surface area contributed by atoms with E-state index in [1.165, 1.54) is 0 Å². The predicted molar refractivity (Wildman–Crippen MR) is 81.9 cm³/mol. The minimum absolute atomic E-state index is 1.55. The lowest BCUT2D eigenvalue weighted by molar-refractivity contribution is 0.370. The van der Waals surface area contributed by atoms with Crippen LogP contribution >= 0.6 is 0 Å². The lowest BCUT2D eigenvalue weighted by atomic mass is 9.91. The van der Waals surface area contributed by atoms with Crippen LogP contribution in [0.1, 0.15) is 0 Å². The third-order valence-electron chi connectivity index (χ3n) is 4.62. The molecule has 0 aromatic heterocycles. The molecule has 0 saturated heterocycles. The van der Waals surface area contributed by atoms with Crippen molar-refractivity contribution in [2.45, 2.75) is 0 Å². The van der Waals surface area contributed by atoms with Gasteiger partial charge in [-0.3, -0.25) is 0 Å². The van der Waals surface area contributed by atoms with Gasteiger partial charge in [-0.05, 0) is 0 Å². The van der Waals surface area contributed by atoms with Gasteiger partial charge in [-0.2, -0.15) is 4.39 Å². The highest BCUT2D eigenvalue weighted by molar-refractivity contribution is 6.28. The van der Waals surface area contributed by atoms with Crippen LogP contribution in [0.5, 0.6) is 11.5 Å². The van der Waals surface area contributed by atoms with Crippen LogP contribution in [0.4, 0.5) is 43.9 Å². The molecule has 0 radical (unpaired) electrons. The van der Waals surface area contributed by atoms with Gasteiger partial charge in [0.1, 0.15) is 0 Å². The van der Waals surface area contributed by atoms with Gasteiger partial charge in [0, 0.05) is 32.3 Å². The number of benzene rings is 4. The lowest BCUT2D eigenvalue weighted by Gasteiger charge is -2.17. The average Bonchev–Trinajstić information content (AvgIpc) is 2.73. The summed E-state index contributed by atoms with van der Waals surface area (Å²) in [4.78, 5) is 0. The quantitative estimate of drug-likeness (QED) is 0.117. The first-order valence-electron chi connectivity index (χ1n) is 7.59. The Balaban J connectivity index is 2.66. The molecule has 0 saturated carbocycles. The zero-order valence-corrected chi connectivity index (χ0v) is 13.7. The molecule has 0 amide bonds. The molecule has 156 valence electrons. The molecule has 0 aliphatic carbocycles. The Kier molecular flexibility index (Phi) is 3.99. The van der Waals surface area contributed by atoms with Gasteiger partial charge in [0.05, 0.1) is 0 Å². The largest absolute Gasteiger partial charge is 0.504 e. The molecule has 4 aromatic rings. The maximum atomic E-state index is 14.5. The molecule has 0 unspecified atom stereocenters. The minimum Gasteiger partial charge on any atom is -0.504 e. The highest BCUT2D eigenvalue weighted by atomic mass is 19.2. The van der Waals surface area contributed by atoms with E-state index < -0.39 is 102 Å². The minimum atomic E-state index is -2.60. The van der Waals surface area contributed by atoms with Gasteiger partial charge in [0.25, 0.3) is 0 Å². The van der Waals surface area contributed by atoms with Crippen molar-refractivity contribution in [3.8, 4) is 11.5 Å². The normalized spacial score (nSPS) is 11.9. The van der Waals surface area contributed by atoms with Crippen LogP contribution in [-0.2, 0) is 0 Å². The average molecular weight is 440 g/mol. The zero-order valence-electron chi connectivity index (χ0n) is 13.7. The van der Waals surface area contributed by atoms with Gasteiger partial charge in [0.15, 0.2) is 63.9 Å². The van der Waals surface area contributed by atoms with Gasteiger partial charge >= 0.3 is 0 Å². The molecule has 0 atom stereocenters. The third kappa shape index (κ3) is 2.10. The van der Waals surface area contributed by atoms with Crippen molar-refractivity contribution in [3.05, 3.63) is 58.2 Å². The summed E-state index contributed by atoms with van der Waals surface area (Å²) in [5, 5.41) is 9.16. The Hall–Kier alpha value is -3.44.